The zero-order valence-electron chi connectivity index (χ0n) is 22.5. The van der Waals surface area contributed by atoms with Crippen molar-refractivity contribution < 1.29 is 0 Å². The monoisotopic (exact) mass is 481 g/mol. The van der Waals surface area contributed by atoms with Gasteiger partial charge < -0.3 is 9.80 Å². The molecule has 5 nitrogen and oxygen atoms in total. The molecule has 2 aromatic heterocycles. The van der Waals surface area contributed by atoms with Crippen molar-refractivity contribution in [2.24, 2.45) is 4.99 Å². The SMILES string of the molecule is C=C(C)N1CCN(c2ccc(N=C(C)CC3=CCCC(C)=C(c4ccnc(C)c4)C(C)=C3)cn2)CC1. The van der Waals surface area contributed by atoms with Gasteiger partial charge in [0.1, 0.15) is 5.82 Å². The van der Waals surface area contributed by atoms with E-state index in [-0.39, 0.29) is 0 Å². The number of rotatable bonds is 6. The van der Waals surface area contributed by atoms with E-state index < -0.39 is 0 Å². The fourth-order valence-corrected chi connectivity index (χ4v) is 5.15. The third-order valence-electron chi connectivity index (χ3n) is 6.99. The van der Waals surface area contributed by atoms with Crippen LogP contribution in [-0.2, 0) is 0 Å². The molecule has 4 rings (SSSR count). The summed E-state index contributed by atoms with van der Waals surface area (Å²) >= 11 is 0. The van der Waals surface area contributed by atoms with E-state index in [1.54, 1.807) is 0 Å². The van der Waals surface area contributed by atoms with E-state index >= 15 is 0 Å². The summed E-state index contributed by atoms with van der Waals surface area (Å²) in [6, 6.07) is 8.49. The van der Waals surface area contributed by atoms with Crippen LogP contribution in [0.1, 0.15) is 58.2 Å². The molecule has 3 heterocycles. The van der Waals surface area contributed by atoms with Crippen LogP contribution in [0.25, 0.3) is 5.57 Å². The fraction of sp³-hybridized carbons (Fsp3) is 0.387. The second kappa shape index (κ2) is 11.5. The predicted molar refractivity (Wildman–Crippen MR) is 153 cm³/mol. The van der Waals surface area contributed by atoms with Crippen LogP contribution in [0.3, 0.4) is 0 Å². The van der Waals surface area contributed by atoms with Crippen molar-refractivity contribution in [2.75, 3.05) is 31.1 Å². The Labute approximate surface area is 216 Å². The highest BCUT2D eigenvalue weighted by Crippen LogP contribution is 2.32. The van der Waals surface area contributed by atoms with Gasteiger partial charge in [-0.25, -0.2) is 4.98 Å². The molecule has 2 aromatic rings. The van der Waals surface area contributed by atoms with E-state index in [0.717, 1.165) is 74.0 Å². The molecule has 36 heavy (non-hydrogen) atoms. The summed E-state index contributed by atoms with van der Waals surface area (Å²) in [5.74, 6) is 1.02. The molecule has 0 atom stereocenters. The first-order chi connectivity index (χ1) is 17.3. The summed E-state index contributed by atoms with van der Waals surface area (Å²) < 4.78 is 0. The van der Waals surface area contributed by atoms with Crippen molar-refractivity contribution in [1.29, 1.82) is 0 Å². The Morgan fingerprint density at radius 3 is 2.47 bits per heavy atom. The standard InChI is InChI=1S/C31H39N5/c1-22(2)35-14-16-36(17-15-35)30-11-10-29(21-33-30)34-26(6)19-27-9-7-8-23(3)31(24(4)18-27)28-12-13-32-25(5)20-28/h9-13,18,20-21H,1,7-8,14-17,19H2,2-6H3. The van der Waals surface area contributed by atoms with E-state index in [9.17, 15) is 0 Å². The minimum atomic E-state index is 0.837. The lowest BCUT2D eigenvalue weighted by Gasteiger charge is -2.36. The molecule has 0 N–H and O–H groups in total. The largest absolute Gasteiger partial charge is 0.372 e. The van der Waals surface area contributed by atoms with Crippen molar-refractivity contribution >= 4 is 22.8 Å². The zero-order valence-corrected chi connectivity index (χ0v) is 22.5. The molecule has 1 saturated heterocycles. The molecule has 1 aliphatic carbocycles. The third-order valence-corrected chi connectivity index (χ3v) is 6.99. The lowest BCUT2D eigenvalue weighted by molar-refractivity contribution is 0.322. The molecule has 0 unspecified atom stereocenters. The number of allylic oxidation sites excluding steroid dienone is 7. The number of pyridine rings is 2. The first-order valence-corrected chi connectivity index (χ1v) is 13.0. The normalized spacial score (nSPS) is 17.4. The van der Waals surface area contributed by atoms with E-state index in [1.807, 2.05) is 12.4 Å². The van der Waals surface area contributed by atoms with Gasteiger partial charge in [-0.3, -0.25) is 9.98 Å². The number of anilines is 1. The number of hydrogen-bond donors (Lipinski definition) is 0. The van der Waals surface area contributed by atoms with E-state index in [0.29, 0.717) is 0 Å². The molecule has 5 heteroatoms. The summed E-state index contributed by atoms with van der Waals surface area (Å²) in [5, 5.41) is 0. The average Bonchev–Trinajstić information content (AvgIpc) is 2.84. The lowest BCUT2D eigenvalue weighted by Crippen LogP contribution is -2.45. The number of aryl methyl sites for hydroxylation is 1. The first kappa shape index (κ1) is 25.6. The Bertz CT molecular complexity index is 1220. The van der Waals surface area contributed by atoms with Crippen LogP contribution in [0.4, 0.5) is 11.5 Å². The van der Waals surface area contributed by atoms with Crippen molar-refractivity contribution in [3.8, 4) is 0 Å². The molecule has 2 aliphatic rings. The van der Waals surface area contributed by atoms with Crippen LogP contribution in [0, 0.1) is 6.92 Å². The van der Waals surface area contributed by atoms with Gasteiger partial charge in [-0.15, -0.1) is 0 Å². The van der Waals surface area contributed by atoms with Gasteiger partial charge in [-0.05, 0) is 94.0 Å². The molecule has 0 bridgehead atoms. The van der Waals surface area contributed by atoms with Gasteiger partial charge in [-0.1, -0.05) is 24.3 Å². The molecule has 0 aromatic carbocycles. The minimum absolute atomic E-state index is 0.837. The molecule has 0 amide bonds. The van der Waals surface area contributed by atoms with E-state index in [1.165, 1.54) is 27.9 Å². The Morgan fingerprint density at radius 2 is 1.81 bits per heavy atom. The summed E-state index contributed by atoms with van der Waals surface area (Å²) in [6.07, 6.45) is 11.4. The van der Waals surface area contributed by atoms with Crippen molar-refractivity contribution in [3.63, 3.8) is 0 Å². The Hall–Kier alpha value is -3.47. The van der Waals surface area contributed by atoms with Gasteiger partial charge in [-0.2, -0.15) is 0 Å². The molecule has 0 saturated carbocycles. The average molecular weight is 482 g/mol. The molecular weight excluding hydrogens is 442 g/mol. The maximum absolute atomic E-state index is 4.88. The Morgan fingerprint density at radius 1 is 1.03 bits per heavy atom. The van der Waals surface area contributed by atoms with Gasteiger partial charge in [0.15, 0.2) is 0 Å². The molecule has 0 spiro atoms. The van der Waals surface area contributed by atoms with Gasteiger partial charge in [0, 0.05) is 55.9 Å². The number of aromatic nitrogens is 2. The van der Waals surface area contributed by atoms with Crippen molar-refractivity contribution in [1.82, 2.24) is 14.9 Å². The van der Waals surface area contributed by atoms with Gasteiger partial charge in [0.05, 0.1) is 11.9 Å². The van der Waals surface area contributed by atoms with Crippen LogP contribution in [0.15, 0.2) is 82.8 Å². The quantitative estimate of drug-likeness (QED) is 0.414. The molecule has 0 radical (unpaired) electrons. The highest BCUT2D eigenvalue weighted by molar-refractivity contribution is 5.88. The predicted octanol–water partition coefficient (Wildman–Crippen LogP) is 7.06. The summed E-state index contributed by atoms with van der Waals surface area (Å²) in [5.41, 5.74) is 10.9. The summed E-state index contributed by atoms with van der Waals surface area (Å²) in [7, 11) is 0. The highest BCUT2D eigenvalue weighted by atomic mass is 15.3. The minimum Gasteiger partial charge on any atom is -0.372 e. The molecule has 188 valence electrons. The van der Waals surface area contributed by atoms with E-state index in [4.69, 9.17) is 9.98 Å². The van der Waals surface area contributed by atoms with Gasteiger partial charge >= 0.3 is 0 Å². The van der Waals surface area contributed by atoms with Crippen LogP contribution in [-0.4, -0.2) is 46.8 Å². The Kier molecular flexibility index (Phi) is 8.19. The van der Waals surface area contributed by atoms with Crippen LogP contribution in [0.2, 0.25) is 0 Å². The highest BCUT2D eigenvalue weighted by Gasteiger charge is 2.17. The first-order valence-electron chi connectivity index (χ1n) is 13.0. The smallest absolute Gasteiger partial charge is 0.128 e. The molecule has 1 fully saturated rings. The second-order valence-electron chi connectivity index (χ2n) is 10.1. The van der Waals surface area contributed by atoms with Crippen LogP contribution >= 0.6 is 0 Å². The number of aliphatic imine (C=N–C) groups is 1. The maximum Gasteiger partial charge on any atom is 0.128 e. The molecule has 1 aliphatic heterocycles. The number of piperazine rings is 1. The Balaban J connectivity index is 1.44. The number of hydrogen-bond acceptors (Lipinski definition) is 5. The van der Waals surface area contributed by atoms with E-state index in [2.05, 4.69) is 92.4 Å². The zero-order chi connectivity index (χ0) is 25.7. The fourth-order valence-electron chi connectivity index (χ4n) is 5.15. The number of nitrogens with zero attached hydrogens (tertiary/aromatic N) is 5. The molecular formula is C31H39N5. The van der Waals surface area contributed by atoms with Crippen LogP contribution in [0.5, 0.6) is 0 Å². The van der Waals surface area contributed by atoms with Crippen molar-refractivity contribution in [3.05, 3.63) is 89.1 Å². The maximum atomic E-state index is 4.88. The summed E-state index contributed by atoms with van der Waals surface area (Å²) in [4.78, 5) is 18.6. The lowest BCUT2D eigenvalue weighted by atomic mass is 9.88. The van der Waals surface area contributed by atoms with Gasteiger partial charge in [0.2, 0.25) is 0 Å². The summed E-state index contributed by atoms with van der Waals surface area (Å²) in [6.45, 7) is 18.7. The topological polar surface area (TPSA) is 44.6 Å². The van der Waals surface area contributed by atoms with Gasteiger partial charge in [0.25, 0.3) is 0 Å². The second-order valence-corrected chi connectivity index (χ2v) is 10.1. The van der Waals surface area contributed by atoms with Crippen LogP contribution < -0.4 is 4.90 Å². The van der Waals surface area contributed by atoms with Crippen molar-refractivity contribution in [2.45, 2.75) is 53.9 Å². The third kappa shape index (κ3) is 6.39.